The molecule has 9 aromatic heterocycles. The van der Waals surface area contributed by atoms with E-state index in [0.717, 1.165) is 134 Å². The Balaban J connectivity index is 0.000000134. The summed E-state index contributed by atoms with van der Waals surface area (Å²) in [6, 6.07) is 37.0. The standard InChI is InChI=1S/C26H31Cl2N5O4S.C25H25Cl2N7O3S.C22H23Cl2N5O3S.C20H22Cl2N4O3S/c1-30(38(2,35)36)20-4-6-24-29-25(21-5-3-19(27)15-22(21)28)23(33(24)16-20)17-31-9-11-32(12-10-31)26(34)18-7-13-37-14-8-18;1-31(38(2,36)37)19-4-6-23-30-24(20-5-3-18(26)13-21(20)27)22(34(23)15-19)16-32-9-11-33(12-10-32)25(35)17-7-8-28-29-14-17;1-33(31,32)26-15-3-6-20-25-22(17-5-2-14(23)10-18(17)24)19(29(20)11-15)13-27-8-9-28-16(12-27)4-7-21(28)30;1-30(28,29)24-14-3-5-19-23-20(16-4-2-13(21)10-17(16)22)18(26(19)11-14)12-25-8-6-15(27)7-9-25/h3-6,15-16,18H,7-14,17H2,1-2H3;3-8,13-15H,9-12,16H2,1-2H3;2-3,5-6,10-11,16,26H,4,7-9,12-13H2,1H3;2-5,10-11,15,24,27H,6-9,12H2,1H3. The van der Waals surface area contributed by atoms with Crippen molar-refractivity contribution in [2.45, 2.75) is 76.8 Å². The molecule has 15 heterocycles. The number of benzene rings is 4. The lowest BCUT2D eigenvalue weighted by molar-refractivity contribution is -0.140. The lowest BCUT2D eigenvalue weighted by atomic mass is 9.98. The molecule has 3 N–H and O–H groups in total. The van der Waals surface area contributed by atoms with Crippen molar-refractivity contribution in [3.8, 4) is 45.0 Å². The number of pyridine rings is 4. The van der Waals surface area contributed by atoms with Gasteiger partial charge in [-0.1, -0.05) is 92.8 Å². The Kier molecular flexibility index (Phi) is 31.7. The number of aliphatic hydroxyl groups is 1. The molecule has 13 aromatic rings. The maximum Gasteiger partial charge on any atom is 0.255 e. The Morgan fingerprint density at radius 3 is 1.17 bits per heavy atom. The Hall–Kier alpha value is -9.79. The maximum atomic E-state index is 13.0. The highest BCUT2D eigenvalue weighted by Crippen LogP contribution is 2.41. The molecule has 3 amide bonds. The summed E-state index contributed by atoms with van der Waals surface area (Å²) in [6.45, 7) is 12.5. The van der Waals surface area contributed by atoms with Gasteiger partial charge in [-0.3, -0.25) is 69.6 Å². The van der Waals surface area contributed by atoms with E-state index in [9.17, 15) is 53.2 Å². The van der Waals surface area contributed by atoms with Crippen molar-refractivity contribution in [2.24, 2.45) is 5.92 Å². The van der Waals surface area contributed by atoms with E-state index in [1.807, 2.05) is 51.7 Å². The molecule has 0 spiro atoms. The zero-order valence-electron chi connectivity index (χ0n) is 76.5. The second-order valence-electron chi connectivity index (χ2n) is 35.1. The van der Waals surface area contributed by atoms with Crippen LogP contribution in [-0.2, 0) is 80.6 Å². The third-order valence-corrected chi connectivity index (χ3v) is 31.1. The Morgan fingerprint density at radius 2 is 0.799 bits per heavy atom. The number of anilines is 4. The van der Waals surface area contributed by atoms with Crippen molar-refractivity contribution in [3.05, 3.63) is 233 Å². The molecule has 4 aromatic carbocycles. The Bertz CT molecular complexity index is 7300. The topological polar surface area (TPSA) is 365 Å². The second-order valence-corrected chi connectivity index (χ2v) is 46.0. The van der Waals surface area contributed by atoms with Crippen molar-refractivity contribution in [1.82, 2.24) is 82.0 Å². The van der Waals surface area contributed by atoms with Crippen LogP contribution in [0.5, 0.6) is 0 Å². The van der Waals surface area contributed by atoms with Gasteiger partial charge in [0.15, 0.2) is 0 Å². The van der Waals surface area contributed by atoms with Gasteiger partial charge in [0.25, 0.3) is 5.91 Å². The third kappa shape index (κ3) is 24.6. The number of amides is 3. The molecule has 19 rings (SSSR count). The third-order valence-electron chi connectivity index (χ3n) is 25.3. The minimum absolute atomic E-state index is 0.0537. The molecule has 1 atom stereocenters. The quantitative estimate of drug-likeness (QED) is 0.0567. The van der Waals surface area contributed by atoms with Gasteiger partial charge in [-0.25, -0.2) is 53.6 Å². The summed E-state index contributed by atoms with van der Waals surface area (Å²) < 4.78 is 116. The van der Waals surface area contributed by atoms with Crippen molar-refractivity contribution >= 4 is 196 Å². The fourth-order valence-corrected chi connectivity index (χ4v) is 22.0. The molecule has 6 saturated heterocycles. The lowest BCUT2D eigenvalue weighted by Crippen LogP contribution is -2.51. The molecule has 1 unspecified atom stereocenters. The number of likely N-dealkylation sites (tertiary alicyclic amines) is 1. The van der Waals surface area contributed by atoms with Crippen LogP contribution >= 0.6 is 92.8 Å². The molecule has 0 bridgehead atoms. The van der Waals surface area contributed by atoms with Gasteiger partial charge in [-0.05, 0) is 159 Å². The lowest BCUT2D eigenvalue weighted by Gasteiger charge is -2.37. The molecule has 6 fully saturated rings. The minimum atomic E-state index is -3.45. The van der Waals surface area contributed by atoms with E-state index in [4.69, 9.17) is 117 Å². The van der Waals surface area contributed by atoms with Crippen LogP contribution in [0.1, 0.15) is 71.7 Å². The summed E-state index contributed by atoms with van der Waals surface area (Å²) in [5.41, 5.74) is 14.5. The number of carbonyl (C=O) groups is 3. The zero-order valence-corrected chi connectivity index (χ0v) is 85.8. The normalized spacial score (nSPS) is 17.0. The van der Waals surface area contributed by atoms with E-state index in [2.05, 4.69) is 39.2 Å². The van der Waals surface area contributed by atoms with E-state index in [-0.39, 0.29) is 35.8 Å². The Labute approximate surface area is 845 Å². The van der Waals surface area contributed by atoms with Crippen molar-refractivity contribution < 1.29 is 57.9 Å². The van der Waals surface area contributed by atoms with Crippen molar-refractivity contribution in [3.63, 3.8) is 0 Å². The minimum Gasteiger partial charge on any atom is -0.393 e. The largest absolute Gasteiger partial charge is 0.393 e. The molecule has 0 saturated carbocycles. The average Bonchev–Trinajstić information content (AvgIpc) is 1.63. The molecule has 34 nitrogen and oxygen atoms in total. The number of nitrogens with one attached hydrogen (secondary N) is 2. The number of fused-ring (bicyclic) bond motifs is 5. The van der Waals surface area contributed by atoms with Gasteiger partial charge < -0.3 is 24.5 Å². The van der Waals surface area contributed by atoms with Crippen molar-refractivity contribution in [1.29, 1.82) is 0 Å². The molecule has 6 aliphatic heterocycles. The van der Waals surface area contributed by atoms with Crippen LogP contribution in [0.3, 0.4) is 0 Å². The highest BCUT2D eigenvalue weighted by atomic mass is 35.5. The number of piperidine rings is 1. The van der Waals surface area contributed by atoms with Crippen LogP contribution in [0.25, 0.3) is 67.6 Å². The molecule has 46 heteroatoms. The fraction of sp³-hybridized carbons (Fsp3) is 0.366. The molecular formula is C93H101Cl8N21O13S4. The number of nitrogens with zero attached hydrogens (tertiary/aromatic N) is 19. The fourth-order valence-electron chi connectivity index (χ4n) is 17.9. The van der Waals surface area contributed by atoms with Crippen LogP contribution in [0.2, 0.25) is 40.2 Å². The van der Waals surface area contributed by atoms with Gasteiger partial charge in [0.2, 0.25) is 51.9 Å². The highest BCUT2D eigenvalue weighted by Gasteiger charge is 2.38. The summed E-state index contributed by atoms with van der Waals surface area (Å²) in [6.07, 6.45) is 18.8. The Morgan fingerprint density at radius 1 is 0.432 bits per heavy atom. The first-order valence-electron chi connectivity index (χ1n) is 44.6. The molecule has 6 aliphatic rings. The predicted octanol–water partition coefficient (Wildman–Crippen LogP) is 14.3. The predicted molar refractivity (Wildman–Crippen MR) is 545 cm³/mol. The van der Waals surface area contributed by atoms with Gasteiger partial charge in [0.1, 0.15) is 22.6 Å². The number of sulfonamides is 4. The summed E-state index contributed by atoms with van der Waals surface area (Å²) in [5.74, 6) is 0.443. The van der Waals surface area contributed by atoms with Gasteiger partial charge in [0, 0.05) is 224 Å². The number of piperazine rings is 3. The zero-order chi connectivity index (χ0) is 98.8. The van der Waals surface area contributed by atoms with E-state index in [1.54, 1.807) is 133 Å². The molecule has 0 radical (unpaired) electrons. The number of rotatable bonds is 22. The summed E-state index contributed by atoms with van der Waals surface area (Å²) >= 11 is 50.6. The molecule has 736 valence electrons. The SMILES string of the molecule is CN(c1ccc2nc(-c3ccc(Cl)cc3Cl)c(CN3CCN(C(=O)C4CCOCC4)CC3)n2c1)S(C)(=O)=O.CN(c1ccc2nc(-c3ccc(Cl)cc3Cl)c(CN3CCN(C(=O)c4ccnnc4)CC3)n2c1)S(C)(=O)=O.CS(=O)(=O)Nc1ccc2nc(-c3ccc(Cl)cc3Cl)c(CN3CCC(O)CC3)n2c1.CS(=O)(=O)Nc1ccc2nc(-c3ccc(Cl)cc3Cl)c(CN3CCN4C(=O)CCC4C3)n2c1. The number of hydrogen-bond acceptors (Lipinski definition) is 23. The smallest absolute Gasteiger partial charge is 0.255 e. The first-order valence-corrected chi connectivity index (χ1v) is 55.1. The number of imidazole rings is 4. The van der Waals surface area contributed by atoms with Crippen LogP contribution < -0.4 is 18.1 Å². The van der Waals surface area contributed by atoms with E-state index in [1.165, 1.54) is 41.4 Å². The van der Waals surface area contributed by atoms with Crippen LogP contribution in [0.15, 0.2) is 165 Å². The van der Waals surface area contributed by atoms with E-state index >= 15 is 0 Å². The summed E-state index contributed by atoms with van der Waals surface area (Å²) in [7, 11) is -10.7. The first-order chi connectivity index (χ1) is 66.1. The second kappa shape index (κ2) is 43.2. The first kappa shape index (κ1) is 102. The average molecular weight is 2130 g/mol. The van der Waals surface area contributed by atoms with Gasteiger partial charge >= 0.3 is 0 Å². The number of carbonyl (C=O) groups excluding carboxylic acids is 3. The van der Waals surface area contributed by atoms with Gasteiger partial charge in [-0.2, -0.15) is 10.2 Å². The van der Waals surface area contributed by atoms with Gasteiger partial charge in [0.05, 0.1) is 137 Å². The van der Waals surface area contributed by atoms with Gasteiger partial charge in [-0.15, -0.1) is 0 Å². The number of halogens is 8. The van der Waals surface area contributed by atoms with E-state index < -0.39 is 40.1 Å². The number of aliphatic hydroxyl groups excluding tert-OH is 1. The summed E-state index contributed by atoms with van der Waals surface area (Å²) in [5, 5.41) is 21.4. The molecule has 139 heavy (non-hydrogen) atoms. The van der Waals surface area contributed by atoms with E-state index in [0.29, 0.717) is 207 Å². The summed E-state index contributed by atoms with van der Waals surface area (Å²) in [4.78, 5) is 72.1. The maximum absolute atomic E-state index is 13.0. The monoisotopic (exact) mass is 2130 g/mol. The van der Waals surface area contributed by atoms with Crippen molar-refractivity contribution in [2.75, 3.05) is 155 Å². The number of hydrogen-bond donors (Lipinski definition) is 3. The molecular weight excluding hydrogens is 2030 g/mol. The van der Waals surface area contributed by atoms with Crippen LogP contribution in [-0.4, -0.2) is 288 Å². The number of aromatic nitrogens is 10. The number of ether oxygens (including phenoxy) is 1. The van der Waals surface area contributed by atoms with Crippen LogP contribution in [0.4, 0.5) is 22.7 Å². The highest BCUT2D eigenvalue weighted by molar-refractivity contribution is 7.92. The molecule has 0 aliphatic carbocycles. The van der Waals surface area contributed by atoms with Crippen LogP contribution in [0, 0.1) is 5.92 Å².